The average molecular weight is 225 g/mol. The molecular weight excluding hydrogens is 202 g/mol. The maximum Gasteiger partial charge on any atom is 0.155 e. The summed E-state index contributed by atoms with van der Waals surface area (Å²) in [5, 5.41) is 18.8. The third kappa shape index (κ3) is 3.20. The number of nitriles is 1. The van der Waals surface area contributed by atoms with Crippen molar-refractivity contribution in [3.05, 3.63) is 0 Å². The molecule has 0 aromatic rings. The molecule has 0 saturated heterocycles. The Morgan fingerprint density at radius 2 is 1.94 bits per heavy atom. The third-order valence-electron chi connectivity index (χ3n) is 3.49. The van der Waals surface area contributed by atoms with E-state index in [-0.39, 0.29) is 11.5 Å². The van der Waals surface area contributed by atoms with Gasteiger partial charge in [0.1, 0.15) is 0 Å². The van der Waals surface area contributed by atoms with Gasteiger partial charge in [-0.1, -0.05) is 13.8 Å². The van der Waals surface area contributed by atoms with Crippen LogP contribution in [0, 0.1) is 16.7 Å². The minimum Gasteiger partial charge on any atom is -0.391 e. The molecule has 0 radical (unpaired) electrons. The number of rotatable bonds is 3. The van der Waals surface area contributed by atoms with E-state index in [9.17, 15) is 10.4 Å². The van der Waals surface area contributed by atoms with Gasteiger partial charge in [-0.25, -0.2) is 0 Å². The molecule has 3 heteroatoms. The zero-order chi connectivity index (χ0) is 12.4. The van der Waals surface area contributed by atoms with Crippen molar-refractivity contribution < 1.29 is 9.84 Å². The molecule has 0 bridgehead atoms. The van der Waals surface area contributed by atoms with Crippen LogP contribution in [0.15, 0.2) is 0 Å². The van der Waals surface area contributed by atoms with Crippen molar-refractivity contribution in [3.63, 3.8) is 0 Å². The van der Waals surface area contributed by atoms with Crippen LogP contribution in [-0.4, -0.2) is 22.9 Å². The van der Waals surface area contributed by atoms with Crippen LogP contribution in [0.1, 0.15) is 53.4 Å². The zero-order valence-corrected chi connectivity index (χ0v) is 10.8. The van der Waals surface area contributed by atoms with E-state index >= 15 is 0 Å². The molecule has 0 heterocycles. The maximum absolute atomic E-state index is 9.46. The molecule has 0 amide bonds. The molecule has 1 rings (SSSR count). The summed E-state index contributed by atoms with van der Waals surface area (Å²) in [5.74, 6) is 0. The fourth-order valence-electron chi connectivity index (χ4n) is 2.48. The number of aliphatic hydroxyl groups excluding tert-OH is 1. The summed E-state index contributed by atoms with van der Waals surface area (Å²) in [5.41, 5.74) is -0.537. The molecule has 3 atom stereocenters. The van der Waals surface area contributed by atoms with Gasteiger partial charge in [0.15, 0.2) is 5.60 Å². The van der Waals surface area contributed by atoms with Crippen LogP contribution in [0.25, 0.3) is 0 Å². The lowest BCUT2D eigenvalue weighted by atomic mass is 9.70. The first-order valence-corrected chi connectivity index (χ1v) is 6.07. The molecule has 0 spiro atoms. The number of aliphatic hydroxyl groups is 1. The molecular formula is C13H23NO2. The largest absolute Gasteiger partial charge is 0.391 e. The van der Waals surface area contributed by atoms with Gasteiger partial charge in [-0.2, -0.15) is 5.26 Å². The highest BCUT2D eigenvalue weighted by Gasteiger charge is 2.42. The van der Waals surface area contributed by atoms with Crippen LogP contribution >= 0.6 is 0 Å². The molecule has 1 aliphatic carbocycles. The summed E-state index contributed by atoms with van der Waals surface area (Å²) in [7, 11) is 0. The number of nitrogens with zero attached hydrogens (tertiary/aromatic N) is 1. The van der Waals surface area contributed by atoms with E-state index in [1.54, 1.807) is 6.92 Å². The highest BCUT2D eigenvalue weighted by Crippen LogP contribution is 2.43. The summed E-state index contributed by atoms with van der Waals surface area (Å²) in [6.07, 6.45) is 2.89. The number of hydrogen-bond donors (Lipinski definition) is 1. The predicted octanol–water partition coefficient (Wildman–Crippen LogP) is 2.63. The van der Waals surface area contributed by atoms with Gasteiger partial charge in [0.25, 0.3) is 0 Å². The maximum atomic E-state index is 9.46. The highest BCUT2D eigenvalue weighted by molar-refractivity contribution is 5.07. The molecule has 92 valence electrons. The summed E-state index contributed by atoms with van der Waals surface area (Å²) < 4.78 is 5.81. The van der Waals surface area contributed by atoms with Crippen molar-refractivity contribution in [2.24, 2.45) is 5.41 Å². The summed E-state index contributed by atoms with van der Waals surface area (Å²) in [6.45, 7) is 7.87. The SMILES string of the molecule is CC(O)C(C)OC1(C#N)CCCC(C)(C)C1. The van der Waals surface area contributed by atoms with Crippen LogP contribution in [0.4, 0.5) is 0 Å². The van der Waals surface area contributed by atoms with Gasteiger partial charge in [0, 0.05) is 0 Å². The van der Waals surface area contributed by atoms with Gasteiger partial charge >= 0.3 is 0 Å². The Bertz CT molecular complexity index is 280. The van der Waals surface area contributed by atoms with E-state index in [0.29, 0.717) is 0 Å². The normalized spacial score (nSPS) is 32.8. The smallest absolute Gasteiger partial charge is 0.155 e. The van der Waals surface area contributed by atoms with Gasteiger partial charge in [0.2, 0.25) is 0 Å². The van der Waals surface area contributed by atoms with Crippen LogP contribution in [-0.2, 0) is 4.74 Å². The molecule has 1 aliphatic rings. The minimum absolute atomic E-state index is 0.159. The van der Waals surface area contributed by atoms with Crippen molar-refractivity contribution in [1.82, 2.24) is 0 Å². The molecule has 0 aromatic heterocycles. The molecule has 3 nitrogen and oxygen atoms in total. The van der Waals surface area contributed by atoms with Crippen molar-refractivity contribution in [2.45, 2.75) is 71.2 Å². The number of ether oxygens (including phenoxy) is 1. The van der Waals surface area contributed by atoms with Gasteiger partial charge in [-0.3, -0.25) is 0 Å². The van der Waals surface area contributed by atoms with Crippen molar-refractivity contribution in [2.75, 3.05) is 0 Å². The van der Waals surface area contributed by atoms with Crippen LogP contribution < -0.4 is 0 Å². The Hall–Kier alpha value is -0.590. The Labute approximate surface area is 98.4 Å². The predicted molar refractivity (Wildman–Crippen MR) is 62.8 cm³/mol. The van der Waals surface area contributed by atoms with E-state index < -0.39 is 11.7 Å². The topological polar surface area (TPSA) is 53.2 Å². The molecule has 0 aromatic carbocycles. The zero-order valence-electron chi connectivity index (χ0n) is 10.8. The molecule has 16 heavy (non-hydrogen) atoms. The lowest BCUT2D eigenvalue weighted by Gasteiger charge is -2.42. The van der Waals surface area contributed by atoms with Crippen LogP contribution in [0.5, 0.6) is 0 Å². The first-order valence-electron chi connectivity index (χ1n) is 6.07. The third-order valence-corrected chi connectivity index (χ3v) is 3.49. The van der Waals surface area contributed by atoms with Crippen molar-refractivity contribution in [3.8, 4) is 6.07 Å². The van der Waals surface area contributed by atoms with E-state index in [2.05, 4.69) is 19.9 Å². The van der Waals surface area contributed by atoms with E-state index in [1.165, 1.54) is 0 Å². The van der Waals surface area contributed by atoms with Crippen LogP contribution in [0.2, 0.25) is 0 Å². The van der Waals surface area contributed by atoms with E-state index in [0.717, 1.165) is 25.7 Å². The molecule has 3 unspecified atom stereocenters. The fourth-order valence-corrected chi connectivity index (χ4v) is 2.48. The Morgan fingerprint density at radius 1 is 1.31 bits per heavy atom. The second kappa shape index (κ2) is 4.73. The summed E-state index contributed by atoms with van der Waals surface area (Å²) in [4.78, 5) is 0. The van der Waals surface area contributed by atoms with Gasteiger partial charge in [-0.15, -0.1) is 0 Å². The molecule has 0 aliphatic heterocycles. The van der Waals surface area contributed by atoms with Gasteiger partial charge in [0.05, 0.1) is 18.3 Å². The Balaban J connectivity index is 2.75. The lowest BCUT2D eigenvalue weighted by molar-refractivity contribution is -0.126. The Kier molecular flexibility index (Phi) is 3.98. The van der Waals surface area contributed by atoms with Crippen LogP contribution in [0.3, 0.4) is 0 Å². The monoisotopic (exact) mass is 225 g/mol. The quantitative estimate of drug-likeness (QED) is 0.803. The van der Waals surface area contributed by atoms with E-state index in [4.69, 9.17) is 4.74 Å². The first-order chi connectivity index (χ1) is 7.30. The minimum atomic E-state index is -0.696. The van der Waals surface area contributed by atoms with Crippen molar-refractivity contribution in [1.29, 1.82) is 5.26 Å². The summed E-state index contributed by atoms with van der Waals surface area (Å²) in [6, 6.07) is 2.33. The first kappa shape index (κ1) is 13.5. The highest BCUT2D eigenvalue weighted by atomic mass is 16.5. The summed E-state index contributed by atoms with van der Waals surface area (Å²) >= 11 is 0. The molecule has 1 saturated carbocycles. The second-order valence-corrected chi connectivity index (χ2v) is 5.86. The number of hydrogen-bond acceptors (Lipinski definition) is 3. The lowest BCUT2D eigenvalue weighted by Crippen LogP contribution is -2.44. The van der Waals surface area contributed by atoms with Gasteiger partial charge < -0.3 is 9.84 Å². The van der Waals surface area contributed by atoms with Crippen molar-refractivity contribution >= 4 is 0 Å². The standard InChI is InChI=1S/C13H23NO2/c1-10(15)11(2)16-13(9-14)7-5-6-12(3,4)8-13/h10-11,15H,5-8H2,1-4H3. The second-order valence-electron chi connectivity index (χ2n) is 5.86. The molecule has 1 fully saturated rings. The Morgan fingerprint density at radius 3 is 2.38 bits per heavy atom. The van der Waals surface area contributed by atoms with E-state index in [1.807, 2.05) is 6.92 Å². The van der Waals surface area contributed by atoms with Gasteiger partial charge in [-0.05, 0) is 44.9 Å². The molecule has 1 N–H and O–H groups in total. The fraction of sp³-hybridized carbons (Fsp3) is 0.923. The average Bonchev–Trinajstić information content (AvgIpc) is 2.16.